The second-order valence-corrected chi connectivity index (χ2v) is 12.1. The molecule has 0 spiro atoms. The van der Waals surface area contributed by atoms with Gasteiger partial charge >= 0.3 is 0 Å². The van der Waals surface area contributed by atoms with Gasteiger partial charge in [-0.15, -0.1) is 0 Å². The molecule has 2 aromatic rings. The van der Waals surface area contributed by atoms with Gasteiger partial charge < -0.3 is 0 Å². The number of nitrogens with zero attached hydrogens (tertiary/aromatic N) is 1. The third kappa shape index (κ3) is 6.71. The van der Waals surface area contributed by atoms with Crippen LogP contribution < -0.4 is 5.44 Å². The topological polar surface area (TPSA) is 12.9 Å². The van der Waals surface area contributed by atoms with Crippen LogP contribution in [0.4, 0.5) is 0 Å². The van der Waals surface area contributed by atoms with Gasteiger partial charge in [0.25, 0.3) is 0 Å². The predicted molar refractivity (Wildman–Crippen MR) is 147 cm³/mol. The lowest BCUT2D eigenvalue weighted by Gasteiger charge is -2.19. The zero-order chi connectivity index (χ0) is 23.6. The monoisotopic (exact) mass is 451 g/mol. The number of benzene rings is 1. The van der Waals surface area contributed by atoms with Gasteiger partial charge in [-0.25, -0.2) is 4.98 Å². The van der Waals surface area contributed by atoms with E-state index in [-0.39, 0.29) is 10.8 Å². The Kier molecular flexibility index (Phi) is 8.24. The normalized spacial score (nSPS) is 15.3. The van der Waals surface area contributed by atoms with Gasteiger partial charge in [-0.1, -0.05) is 107 Å². The molecular weight excluding hydrogens is 412 g/mol. The fraction of sp³-hybridized carbons (Fsp3) is 0.429. The molecule has 1 unspecified atom stereocenters. The third-order valence-corrected chi connectivity index (χ3v) is 7.78. The smallest absolute Gasteiger partial charge is 0.0836 e. The summed E-state index contributed by atoms with van der Waals surface area (Å²) in [6, 6.07) is 4.50. The third-order valence-electron chi connectivity index (χ3n) is 6.10. The van der Waals surface area contributed by atoms with E-state index in [4.69, 9.17) is 4.98 Å². The van der Waals surface area contributed by atoms with Crippen LogP contribution >= 0.6 is 17.4 Å². The van der Waals surface area contributed by atoms with Gasteiger partial charge in [0, 0.05) is 10.7 Å². The molecule has 1 aromatic carbocycles. The number of aromatic nitrogens is 1. The first-order chi connectivity index (χ1) is 14.2. The summed E-state index contributed by atoms with van der Waals surface area (Å²) in [5.74, 6) is 2.17. The summed E-state index contributed by atoms with van der Waals surface area (Å²) in [5, 5.41) is 1.29. The van der Waals surface area contributed by atoms with E-state index in [0.29, 0.717) is 0 Å². The van der Waals surface area contributed by atoms with Crippen LogP contribution in [0, 0.1) is 10.8 Å². The maximum atomic E-state index is 4.93. The lowest BCUT2D eigenvalue weighted by Crippen LogP contribution is -2.05. The molecule has 0 aliphatic heterocycles. The zero-order valence-electron chi connectivity index (χ0n) is 21.0. The van der Waals surface area contributed by atoms with Gasteiger partial charge in [0.1, 0.15) is 0 Å². The highest BCUT2D eigenvalue weighted by Gasteiger charge is 2.14. The number of rotatable bonds is 4. The molecule has 0 radical (unpaired) electrons. The van der Waals surface area contributed by atoms with Crippen LogP contribution in [0.25, 0.3) is 21.8 Å². The van der Waals surface area contributed by atoms with Crippen molar-refractivity contribution in [3.8, 4) is 0 Å². The first-order valence-electron chi connectivity index (χ1n) is 11.0. The molecule has 31 heavy (non-hydrogen) atoms. The van der Waals surface area contributed by atoms with Gasteiger partial charge in [-0.05, 0) is 61.0 Å². The quantitative estimate of drug-likeness (QED) is 0.334. The molecule has 0 saturated carbocycles. The Morgan fingerprint density at radius 3 is 1.71 bits per heavy atom. The van der Waals surface area contributed by atoms with E-state index >= 15 is 0 Å². The lowest BCUT2D eigenvalue weighted by molar-refractivity contribution is 0.504. The van der Waals surface area contributed by atoms with Crippen molar-refractivity contribution in [3.63, 3.8) is 0 Å². The van der Waals surface area contributed by atoms with Crippen molar-refractivity contribution in [2.75, 3.05) is 0 Å². The van der Waals surface area contributed by atoms with Gasteiger partial charge in [-0.2, -0.15) is 0 Å². The minimum atomic E-state index is 0.180. The van der Waals surface area contributed by atoms with Crippen molar-refractivity contribution < 1.29 is 0 Å². The molecule has 0 amide bonds. The molecule has 0 bridgehead atoms. The molecule has 0 fully saturated rings. The first-order valence-corrected chi connectivity index (χ1v) is 12.5. The lowest BCUT2D eigenvalue weighted by atomic mass is 9.87. The van der Waals surface area contributed by atoms with Crippen LogP contribution in [0.15, 0.2) is 53.4 Å². The minimum Gasteiger partial charge on any atom is -0.247 e. The van der Waals surface area contributed by atoms with Gasteiger partial charge in [0.05, 0.1) is 11.0 Å². The maximum Gasteiger partial charge on any atom is 0.0836 e. The van der Waals surface area contributed by atoms with Gasteiger partial charge in [0.2, 0.25) is 0 Å². The van der Waals surface area contributed by atoms with E-state index in [2.05, 4.69) is 121 Å². The summed E-state index contributed by atoms with van der Waals surface area (Å²) in [6.45, 7) is 22.3. The summed E-state index contributed by atoms with van der Waals surface area (Å²) >= 11 is 0. The fourth-order valence-corrected chi connectivity index (χ4v) is 4.28. The molecule has 0 aliphatic carbocycles. The molecule has 0 aliphatic rings. The molecule has 2 rings (SSSR count). The minimum absolute atomic E-state index is 0.180. The van der Waals surface area contributed by atoms with Gasteiger partial charge in [-0.3, -0.25) is 0 Å². The second kappa shape index (κ2) is 9.94. The van der Waals surface area contributed by atoms with Crippen LogP contribution in [0.1, 0.15) is 80.4 Å². The Bertz CT molecular complexity index is 1080. The Morgan fingerprint density at radius 2 is 1.23 bits per heavy atom. The Labute approximate surface area is 194 Å². The molecule has 1 aromatic heterocycles. The van der Waals surface area contributed by atoms with Crippen LogP contribution in [-0.4, -0.2) is 4.98 Å². The molecule has 1 nitrogen and oxygen atoms in total. The maximum absolute atomic E-state index is 4.93. The SMILES string of the molecule is C/C(=C\C=C(/C)C(C)(C)C)c1ccc(/C(C)=C/C=C(\C)C(C)(C)C)c2pcc(P)nc12. The summed E-state index contributed by atoms with van der Waals surface area (Å²) in [7, 11) is 3.96. The Morgan fingerprint density at radius 1 is 0.774 bits per heavy atom. The average Bonchev–Trinajstić information content (AvgIpc) is 2.67. The first kappa shape index (κ1) is 25.7. The second-order valence-electron chi connectivity index (χ2n) is 10.6. The summed E-state index contributed by atoms with van der Waals surface area (Å²) in [5.41, 5.74) is 10.3. The highest BCUT2D eigenvalue weighted by atomic mass is 31.0. The molecule has 3 heteroatoms. The van der Waals surface area contributed by atoms with E-state index in [1.807, 2.05) is 0 Å². The molecule has 166 valence electrons. The van der Waals surface area contributed by atoms with E-state index < -0.39 is 0 Å². The summed E-state index contributed by atoms with van der Waals surface area (Å²) < 4.78 is 0. The molecule has 0 saturated heterocycles. The van der Waals surface area contributed by atoms with E-state index in [1.54, 1.807) is 0 Å². The van der Waals surface area contributed by atoms with E-state index in [0.717, 1.165) is 11.0 Å². The van der Waals surface area contributed by atoms with Crippen molar-refractivity contribution in [1.82, 2.24) is 4.98 Å². The molecular formula is C28H39NP2. The highest BCUT2D eigenvalue weighted by molar-refractivity contribution is 7.38. The van der Waals surface area contributed by atoms with Crippen molar-refractivity contribution in [1.29, 1.82) is 0 Å². The predicted octanol–water partition coefficient (Wildman–Crippen LogP) is 9.11. The van der Waals surface area contributed by atoms with Crippen LogP contribution in [0.3, 0.4) is 0 Å². The number of allylic oxidation sites excluding steroid dienone is 8. The molecule has 0 N–H and O–H groups in total. The number of hydrogen-bond donors (Lipinski definition) is 0. The standard InChI is InChI=1S/C28H39NP2/c1-18(11-13-20(3)27(5,6)7)22-15-16-23(26-25(22)29-24(30)17-31-26)19(2)12-14-21(4)28(8,9)10/h11-17H,30H2,1-10H3/b18-11+,19-12+,20-13+,21-14+. The summed E-state index contributed by atoms with van der Waals surface area (Å²) in [6.07, 6.45) is 9.00. The van der Waals surface area contributed by atoms with E-state index in [1.165, 1.54) is 46.7 Å². The zero-order valence-corrected chi connectivity index (χ0v) is 23.1. The highest BCUT2D eigenvalue weighted by Crippen LogP contribution is 2.35. The Balaban J connectivity index is 2.61. The van der Waals surface area contributed by atoms with Crippen LogP contribution in [0.2, 0.25) is 0 Å². The van der Waals surface area contributed by atoms with Crippen molar-refractivity contribution in [2.24, 2.45) is 10.8 Å². The van der Waals surface area contributed by atoms with Crippen molar-refractivity contribution >= 4 is 44.6 Å². The van der Waals surface area contributed by atoms with Crippen LogP contribution in [-0.2, 0) is 0 Å². The van der Waals surface area contributed by atoms with E-state index in [9.17, 15) is 0 Å². The number of hydrogen-bond acceptors (Lipinski definition) is 1. The molecule has 1 atom stereocenters. The van der Waals surface area contributed by atoms with Crippen LogP contribution in [0.5, 0.6) is 0 Å². The largest absolute Gasteiger partial charge is 0.247 e. The number of fused-ring (bicyclic) bond motifs is 1. The fourth-order valence-electron chi connectivity index (χ4n) is 2.93. The van der Waals surface area contributed by atoms with Crippen molar-refractivity contribution in [2.45, 2.75) is 69.2 Å². The van der Waals surface area contributed by atoms with Gasteiger partial charge in [0.15, 0.2) is 0 Å². The Hall–Kier alpha value is -1.55. The average molecular weight is 452 g/mol. The van der Waals surface area contributed by atoms with Crippen molar-refractivity contribution in [3.05, 3.63) is 64.5 Å². The molecule has 1 heterocycles. The summed E-state index contributed by atoms with van der Waals surface area (Å²) in [4.78, 5) is 4.93.